The second-order valence-corrected chi connectivity index (χ2v) is 2.06. The van der Waals surface area contributed by atoms with Crippen molar-refractivity contribution in [3.05, 3.63) is 0 Å². The van der Waals surface area contributed by atoms with Gasteiger partial charge in [-0.1, -0.05) is 0 Å². The molecule has 0 aliphatic carbocycles. The minimum atomic E-state index is 0. The van der Waals surface area contributed by atoms with Crippen LogP contribution < -0.4 is 0 Å². The van der Waals surface area contributed by atoms with Gasteiger partial charge >= 0.3 is 32.7 Å². The van der Waals surface area contributed by atoms with Crippen LogP contribution in [-0.4, -0.2) is 0 Å². The molecule has 0 saturated heterocycles. The van der Waals surface area contributed by atoms with Crippen LogP contribution in [0.5, 0.6) is 0 Å². The van der Waals surface area contributed by atoms with Gasteiger partial charge in [-0.25, -0.2) is 0 Å². The van der Waals surface area contributed by atoms with Gasteiger partial charge in [0.2, 0.25) is 0 Å². The van der Waals surface area contributed by atoms with Crippen molar-refractivity contribution in [1.29, 1.82) is 0 Å². The molecule has 0 aliphatic heterocycles. The first kappa shape index (κ1) is 9.07. The van der Waals surface area contributed by atoms with Crippen LogP contribution in [0.15, 0.2) is 0 Å². The fourth-order valence-electron chi connectivity index (χ4n) is 0. The molecular weight excluding hydrogens is 182 g/mol. The molecule has 0 aromatic heterocycles. The average Bonchev–Trinajstić information content (AvgIpc) is 0.918. The Morgan fingerprint density at radius 1 is 1.25 bits per heavy atom. The van der Waals surface area contributed by atoms with Crippen LogP contribution in [0.1, 0.15) is 0 Å². The summed E-state index contributed by atoms with van der Waals surface area (Å²) in [6.07, 6.45) is 0. The van der Waals surface area contributed by atoms with Gasteiger partial charge in [-0.05, 0) is 0 Å². The Bertz CT molecular complexity index is 25.0. The van der Waals surface area contributed by atoms with Crippen molar-refractivity contribution in [3.8, 4) is 0 Å². The number of hydrogen-bond acceptors (Lipinski definition) is 2. The Morgan fingerprint density at radius 3 is 1.25 bits per heavy atom. The molecule has 0 fully saturated rings. The zero-order valence-corrected chi connectivity index (χ0v) is 5.20. The van der Waals surface area contributed by atoms with Crippen LogP contribution in [-0.2, 0) is 28.2 Å². The van der Waals surface area contributed by atoms with Crippen LogP contribution in [0.2, 0.25) is 0 Å². The molecule has 0 aromatic rings. The molecule has 4 heteroatoms. The molecular formula is Co2S2. The minimum absolute atomic E-state index is 0. The molecule has 0 nitrogen and oxygen atoms in total. The van der Waals surface area contributed by atoms with Gasteiger partial charge in [-0.2, -0.15) is 0 Å². The summed E-state index contributed by atoms with van der Waals surface area (Å²) in [5, 5.41) is 0. The summed E-state index contributed by atoms with van der Waals surface area (Å²) in [7, 11) is 8.35. The van der Waals surface area contributed by atoms with E-state index in [1.165, 1.54) is 0 Å². The van der Waals surface area contributed by atoms with Gasteiger partial charge in [0, 0.05) is 16.8 Å². The molecule has 0 N–H and O–H groups in total. The molecule has 30 valence electrons. The Balaban J connectivity index is 0. The first-order valence-corrected chi connectivity index (χ1v) is 3.37. The van der Waals surface area contributed by atoms with Gasteiger partial charge in [0.05, 0.1) is 0 Å². The summed E-state index contributed by atoms with van der Waals surface area (Å²) < 4.78 is 0. The Labute approximate surface area is 49.3 Å². The van der Waals surface area contributed by atoms with Crippen molar-refractivity contribution in [3.63, 3.8) is 0 Å². The molecule has 0 unspecified atom stereocenters. The van der Waals surface area contributed by atoms with E-state index in [9.17, 15) is 0 Å². The third-order valence-corrected chi connectivity index (χ3v) is 0. The topological polar surface area (TPSA) is 0 Å². The summed E-state index contributed by atoms with van der Waals surface area (Å²) >= 11 is 0.604. The van der Waals surface area contributed by atoms with Crippen LogP contribution >= 0.6 is 21.2 Å². The van der Waals surface area contributed by atoms with Crippen LogP contribution in [0.4, 0.5) is 0 Å². The molecule has 0 bridgehead atoms. The Kier molecular flexibility index (Phi) is 20.0. The van der Waals surface area contributed by atoms with Gasteiger partial charge in [0.25, 0.3) is 0 Å². The maximum absolute atomic E-state index is 4.18. The Hall–Kier alpha value is 1.45. The molecule has 1 radical (unpaired) electrons. The standard InChI is InChI=1S/2Co.2S. The summed E-state index contributed by atoms with van der Waals surface area (Å²) in [5.41, 5.74) is 0. The van der Waals surface area contributed by atoms with Gasteiger partial charge < -0.3 is 0 Å². The van der Waals surface area contributed by atoms with E-state index in [4.69, 9.17) is 0 Å². The molecule has 0 atom stereocenters. The van der Waals surface area contributed by atoms with Crippen LogP contribution in [0, 0.1) is 0 Å². The van der Waals surface area contributed by atoms with Crippen LogP contribution in [0.3, 0.4) is 0 Å². The van der Waals surface area contributed by atoms with E-state index in [1.54, 1.807) is 0 Å². The zero-order chi connectivity index (χ0) is 2.71. The quantitative estimate of drug-likeness (QED) is 0.553. The molecule has 0 spiro atoms. The van der Waals surface area contributed by atoms with Crippen molar-refractivity contribution in [2.75, 3.05) is 0 Å². The van der Waals surface area contributed by atoms with E-state index in [2.05, 4.69) is 21.2 Å². The van der Waals surface area contributed by atoms with E-state index in [0.717, 1.165) is 0 Å². The summed E-state index contributed by atoms with van der Waals surface area (Å²) in [6.45, 7) is 0. The van der Waals surface area contributed by atoms with Crippen molar-refractivity contribution in [1.82, 2.24) is 0 Å². The van der Waals surface area contributed by atoms with Gasteiger partial charge in [-0.3, -0.25) is 0 Å². The second-order valence-electron chi connectivity index (χ2n) is 0.0556. The second kappa shape index (κ2) is 8.82. The average molecular weight is 182 g/mol. The SMILES string of the molecule is [Co].[S]=[Co]=[S]. The van der Waals surface area contributed by atoms with Gasteiger partial charge in [0.15, 0.2) is 0 Å². The first-order chi connectivity index (χ1) is 1.41. The molecule has 4 heavy (non-hydrogen) atoms. The normalized spacial score (nSPS) is 4.00. The maximum atomic E-state index is 4.18. The molecule has 0 rings (SSSR count). The third-order valence-electron chi connectivity index (χ3n) is 0. The summed E-state index contributed by atoms with van der Waals surface area (Å²) in [4.78, 5) is 0. The number of rotatable bonds is 0. The van der Waals surface area contributed by atoms with E-state index >= 15 is 0 Å². The van der Waals surface area contributed by atoms with Gasteiger partial charge in [0.1, 0.15) is 0 Å². The summed E-state index contributed by atoms with van der Waals surface area (Å²) in [5.74, 6) is 0. The summed E-state index contributed by atoms with van der Waals surface area (Å²) in [6, 6.07) is 0. The fraction of sp³-hybridized carbons (Fsp3) is 0. The van der Waals surface area contributed by atoms with E-state index in [1.807, 2.05) is 0 Å². The Morgan fingerprint density at radius 2 is 1.25 bits per heavy atom. The predicted molar refractivity (Wildman–Crippen MR) is 15.2 cm³/mol. The van der Waals surface area contributed by atoms with E-state index in [0.29, 0.717) is 11.5 Å². The van der Waals surface area contributed by atoms with E-state index in [-0.39, 0.29) is 16.8 Å². The predicted octanol–water partition coefficient (Wildman–Crippen LogP) is 1.29. The zero-order valence-electron chi connectivity index (χ0n) is 1.48. The molecule has 0 aliphatic rings. The van der Waals surface area contributed by atoms with Crippen molar-refractivity contribution >= 4 is 21.2 Å². The monoisotopic (exact) mass is 182 g/mol. The fourth-order valence-corrected chi connectivity index (χ4v) is 0. The molecule has 0 amide bonds. The first-order valence-electron chi connectivity index (χ1n) is 0.272. The third kappa shape index (κ3) is 9.84. The van der Waals surface area contributed by atoms with Crippen molar-refractivity contribution < 1.29 is 28.2 Å². The van der Waals surface area contributed by atoms with E-state index < -0.39 is 0 Å². The van der Waals surface area contributed by atoms with Crippen LogP contribution in [0.25, 0.3) is 0 Å². The molecule has 0 saturated carbocycles. The van der Waals surface area contributed by atoms with Crippen molar-refractivity contribution in [2.45, 2.75) is 0 Å². The van der Waals surface area contributed by atoms with Crippen molar-refractivity contribution in [2.24, 2.45) is 0 Å². The van der Waals surface area contributed by atoms with Gasteiger partial charge in [-0.15, -0.1) is 0 Å². The molecule has 0 aromatic carbocycles. The number of hydrogen-bond donors (Lipinski definition) is 0. The molecule has 0 heterocycles.